The fourth-order valence-corrected chi connectivity index (χ4v) is 4.71. The second-order valence-corrected chi connectivity index (χ2v) is 8.92. The summed E-state index contributed by atoms with van der Waals surface area (Å²) in [6, 6.07) is 21.3. The van der Waals surface area contributed by atoms with Gasteiger partial charge in [0.25, 0.3) is 0 Å². The zero-order valence-corrected chi connectivity index (χ0v) is 18.9. The minimum Gasteiger partial charge on any atom is -0.508 e. The molecule has 4 rings (SSSR count). The Kier molecular flexibility index (Phi) is 8.08. The van der Waals surface area contributed by atoms with Gasteiger partial charge >= 0.3 is 0 Å². The summed E-state index contributed by atoms with van der Waals surface area (Å²) in [6.07, 6.45) is 4.14. The number of para-hydroxylation sites is 1. The molecule has 1 aliphatic rings. The summed E-state index contributed by atoms with van der Waals surface area (Å²) in [5.41, 5.74) is 3.07. The number of likely N-dealkylation sites (tertiary alicyclic amines) is 1. The molecule has 1 saturated heterocycles. The largest absolute Gasteiger partial charge is 0.508 e. The lowest BCUT2D eigenvalue weighted by Gasteiger charge is -2.33. The van der Waals surface area contributed by atoms with E-state index in [1.54, 1.807) is 6.07 Å². The van der Waals surface area contributed by atoms with Gasteiger partial charge in [-0.25, -0.2) is 8.78 Å². The Morgan fingerprint density at radius 1 is 0.848 bits per heavy atom. The molecule has 0 radical (unpaired) electrons. The van der Waals surface area contributed by atoms with Gasteiger partial charge in [-0.1, -0.05) is 42.5 Å². The Hall–Kier alpha value is -2.76. The van der Waals surface area contributed by atoms with Gasteiger partial charge in [-0.2, -0.15) is 0 Å². The zero-order valence-electron chi connectivity index (χ0n) is 18.9. The first-order valence-corrected chi connectivity index (χ1v) is 11.8. The van der Waals surface area contributed by atoms with Crippen molar-refractivity contribution in [2.24, 2.45) is 0 Å². The molecule has 0 amide bonds. The predicted octanol–water partition coefficient (Wildman–Crippen LogP) is 5.84. The highest BCUT2D eigenvalue weighted by Crippen LogP contribution is 2.30. The van der Waals surface area contributed by atoms with Crippen molar-refractivity contribution in [3.63, 3.8) is 0 Å². The van der Waals surface area contributed by atoms with Gasteiger partial charge in [0.2, 0.25) is 0 Å². The van der Waals surface area contributed by atoms with Crippen LogP contribution in [0.5, 0.6) is 5.75 Å². The van der Waals surface area contributed by atoms with E-state index in [0.29, 0.717) is 18.3 Å². The van der Waals surface area contributed by atoms with Gasteiger partial charge in [-0.05, 0) is 86.8 Å². The van der Waals surface area contributed by atoms with Gasteiger partial charge in [0, 0.05) is 24.1 Å². The van der Waals surface area contributed by atoms with E-state index in [9.17, 15) is 13.9 Å². The molecule has 174 valence electrons. The summed E-state index contributed by atoms with van der Waals surface area (Å²) in [4.78, 5) is 2.50. The highest BCUT2D eigenvalue weighted by molar-refractivity contribution is 5.33. The average molecular weight is 451 g/mol. The Bertz CT molecular complexity index is 954. The normalized spacial score (nSPS) is 15.2. The number of rotatable bonds is 9. The molecule has 1 aliphatic heterocycles. The molecule has 3 nitrogen and oxygen atoms in total. The molecule has 0 spiro atoms. The second kappa shape index (κ2) is 11.4. The van der Waals surface area contributed by atoms with E-state index in [-0.39, 0.29) is 17.6 Å². The predicted molar refractivity (Wildman–Crippen MR) is 128 cm³/mol. The maximum Gasteiger partial charge on any atom is 0.123 e. The van der Waals surface area contributed by atoms with Gasteiger partial charge in [-0.3, -0.25) is 0 Å². The summed E-state index contributed by atoms with van der Waals surface area (Å²) in [5, 5.41) is 13.5. The molecule has 0 aromatic heterocycles. The Balaban J connectivity index is 1.26. The third-order valence-electron chi connectivity index (χ3n) is 6.67. The Labute approximate surface area is 195 Å². The first-order chi connectivity index (χ1) is 16.1. The fourth-order valence-electron chi connectivity index (χ4n) is 4.71. The molecule has 0 saturated carbocycles. The number of hydrogen-bond donors (Lipinski definition) is 2. The van der Waals surface area contributed by atoms with Crippen LogP contribution in [0.25, 0.3) is 0 Å². The summed E-state index contributed by atoms with van der Waals surface area (Å²) >= 11 is 0. The van der Waals surface area contributed by atoms with Crippen LogP contribution in [0.2, 0.25) is 0 Å². The molecular weight excluding hydrogens is 418 g/mol. The SMILES string of the molecule is Oc1ccccc1CNC1CCN(CCCC(c2ccc(F)cc2)c2ccc(F)cc2)CC1. The van der Waals surface area contributed by atoms with Crippen molar-refractivity contribution in [1.82, 2.24) is 10.2 Å². The Morgan fingerprint density at radius 3 is 2.00 bits per heavy atom. The standard InChI is InChI=1S/C28H32F2N2O/c29-24-11-7-21(8-12-24)27(22-9-13-25(30)14-10-22)5-3-17-32-18-15-26(16-19-32)31-20-23-4-1-2-6-28(23)33/h1-2,4,6-14,26-27,31,33H,3,5,15-20H2. The van der Waals surface area contributed by atoms with E-state index in [1.807, 2.05) is 42.5 Å². The van der Waals surface area contributed by atoms with Gasteiger partial charge < -0.3 is 15.3 Å². The summed E-state index contributed by atoms with van der Waals surface area (Å²) in [6.45, 7) is 3.81. The van der Waals surface area contributed by atoms with Crippen LogP contribution in [0.1, 0.15) is 48.3 Å². The van der Waals surface area contributed by atoms with Crippen LogP contribution < -0.4 is 5.32 Å². The lowest BCUT2D eigenvalue weighted by Crippen LogP contribution is -2.42. The monoisotopic (exact) mass is 450 g/mol. The van der Waals surface area contributed by atoms with Crippen LogP contribution in [0.15, 0.2) is 72.8 Å². The highest BCUT2D eigenvalue weighted by Gasteiger charge is 2.20. The molecule has 0 atom stereocenters. The van der Waals surface area contributed by atoms with Crippen molar-refractivity contribution >= 4 is 0 Å². The van der Waals surface area contributed by atoms with Crippen molar-refractivity contribution in [2.75, 3.05) is 19.6 Å². The van der Waals surface area contributed by atoms with Crippen molar-refractivity contribution < 1.29 is 13.9 Å². The van der Waals surface area contributed by atoms with Crippen LogP contribution in [-0.4, -0.2) is 35.7 Å². The summed E-state index contributed by atoms with van der Waals surface area (Å²) in [5.74, 6) is -0.00520. The maximum atomic E-state index is 13.4. The highest BCUT2D eigenvalue weighted by atomic mass is 19.1. The average Bonchev–Trinajstić information content (AvgIpc) is 2.84. The number of piperidine rings is 1. The molecule has 1 heterocycles. The number of aromatic hydroxyl groups is 1. The lowest BCUT2D eigenvalue weighted by molar-refractivity contribution is 0.193. The minimum absolute atomic E-state index is 0.129. The molecule has 2 N–H and O–H groups in total. The number of nitrogens with one attached hydrogen (secondary N) is 1. The number of phenols is 1. The molecule has 3 aromatic carbocycles. The van der Waals surface area contributed by atoms with Crippen LogP contribution in [0, 0.1) is 11.6 Å². The van der Waals surface area contributed by atoms with E-state index in [2.05, 4.69) is 10.2 Å². The quantitative estimate of drug-likeness (QED) is 0.430. The van der Waals surface area contributed by atoms with Crippen molar-refractivity contribution in [3.8, 4) is 5.75 Å². The molecule has 1 fully saturated rings. The van der Waals surface area contributed by atoms with Gasteiger partial charge in [-0.15, -0.1) is 0 Å². The van der Waals surface area contributed by atoms with Crippen LogP contribution in [-0.2, 0) is 6.54 Å². The molecule has 33 heavy (non-hydrogen) atoms. The lowest BCUT2D eigenvalue weighted by atomic mass is 9.87. The third kappa shape index (κ3) is 6.62. The molecular formula is C28H32F2N2O. The number of phenolic OH excluding ortho intramolecular Hbond substituents is 1. The van der Waals surface area contributed by atoms with Crippen molar-refractivity contribution in [1.29, 1.82) is 0 Å². The molecule has 0 bridgehead atoms. The van der Waals surface area contributed by atoms with Gasteiger partial charge in [0.15, 0.2) is 0 Å². The van der Waals surface area contributed by atoms with Crippen LogP contribution in [0.3, 0.4) is 0 Å². The van der Waals surface area contributed by atoms with E-state index < -0.39 is 0 Å². The number of benzene rings is 3. The molecule has 0 aliphatic carbocycles. The third-order valence-corrected chi connectivity index (χ3v) is 6.67. The van der Waals surface area contributed by atoms with Crippen molar-refractivity contribution in [3.05, 3.63) is 101 Å². The molecule has 3 aromatic rings. The van der Waals surface area contributed by atoms with Gasteiger partial charge in [0.1, 0.15) is 17.4 Å². The maximum absolute atomic E-state index is 13.4. The number of halogens is 2. The smallest absolute Gasteiger partial charge is 0.123 e. The summed E-state index contributed by atoms with van der Waals surface area (Å²) < 4.78 is 26.9. The summed E-state index contributed by atoms with van der Waals surface area (Å²) in [7, 11) is 0. The number of nitrogens with zero attached hydrogens (tertiary/aromatic N) is 1. The van der Waals surface area contributed by atoms with E-state index in [4.69, 9.17) is 0 Å². The first kappa shape index (κ1) is 23.4. The van der Waals surface area contributed by atoms with Crippen molar-refractivity contribution in [2.45, 2.75) is 44.2 Å². The number of hydrogen-bond acceptors (Lipinski definition) is 3. The topological polar surface area (TPSA) is 35.5 Å². The zero-order chi connectivity index (χ0) is 23.0. The van der Waals surface area contributed by atoms with E-state index in [0.717, 1.165) is 62.0 Å². The van der Waals surface area contributed by atoms with Crippen LogP contribution in [0.4, 0.5) is 8.78 Å². The molecule has 5 heteroatoms. The van der Waals surface area contributed by atoms with Gasteiger partial charge in [0.05, 0.1) is 0 Å². The Morgan fingerprint density at radius 2 is 1.42 bits per heavy atom. The fraction of sp³-hybridized carbons (Fsp3) is 0.357. The van der Waals surface area contributed by atoms with E-state index in [1.165, 1.54) is 24.3 Å². The second-order valence-electron chi connectivity index (χ2n) is 8.92. The molecule has 0 unspecified atom stereocenters. The van der Waals surface area contributed by atoms with Crippen LogP contribution >= 0.6 is 0 Å². The minimum atomic E-state index is -0.240. The first-order valence-electron chi connectivity index (χ1n) is 11.8. The van der Waals surface area contributed by atoms with E-state index >= 15 is 0 Å².